The van der Waals surface area contributed by atoms with Gasteiger partial charge in [-0.15, -0.1) is 0 Å². The number of methoxy groups -OCH3 is 3. The van der Waals surface area contributed by atoms with E-state index in [4.69, 9.17) is 9.47 Å². The van der Waals surface area contributed by atoms with E-state index < -0.39 is 11.8 Å². The van der Waals surface area contributed by atoms with Gasteiger partial charge >= 0.3 is 5.97 Å². The summed E-state index contributed by atoms with van der Waals surface area (Å²) in [6.45, 7) is 5.37. The zero-order valence-corrected chi connectivity index (χ0v) is 10.3. The summed E-state index contributed by atoms with van der Waals surface area (Å²) >= 11 is 0. The molecule has 0 aromatic rings. The number of carbonyl (C=O) groups is 1. The van der Waals surface area contributed by atoms with Crippen LogP contribution in [0.15, 0.2) is 0 Å². The third-order valence-corrected chi connectivity index (χ3v) is 2.16. The molecule has 0 saturated heterocycles. The molecule has 0 bridgehead atoms. The van der Waals surface area contributed by atoms with Crippen LogP contribution in [0, 0.1) is 0 Å². The van der Waals surface area contributed by atoms with Crippen molar-refractivity contribution < 1.29 is 19.0 Å². The Kier molecular flexibility index (Phi) is 5.79. The van der Waals surface area contributed by atoms with Gasteiger partial charge in [0.2, 0.25) is 0 Å². The highest BCUT2D eigenvalue weighted by Gasteiger charge is 2.32. The minimum absolute atomic E-state index is 0.117. The smallest absolute Gasteiger partial charge is 0.325 e. The van der Waals surface area contributed by atoms with Crippen LogP contribution >= 0.6 is 0 Å². The largest absolute Gasteiger partial charge is 0.468 e. The van der Waals surface area contributed by atoms with Gasteiger partial charge in [-0.25, -0.2) is 0 Å². The Morgan fingerprint density at radius 1 is 1.20 bits per heavy atom. The summed E-state index contributed by atoms with van der Waals surface area (Å²) in [5, 5.41) is 3.08. The van der Waals surface area contributed by atoms with E-state index in [9.17, 15) is 4.79 Å². The second-order valence-electron chi connectivity index (χ2n) is 3.89. The SMILES string of the molecule is COC(=O)C(C)(C)NC(C)C(OC)OC. The lowest BCUT2D eigenvalue weighted by Crippen LogP contribution is -2.55. The lowest BCUT2D eigenvalue weighted by Gasteiger charge is -2.30. The van der Waals surface area contributed by atoms with Crippen molar-refractivity contribution in [3.05, 3.63) is 0 Å². The van der Waals surface area contributed by atoms with E-state index in [-0.39, 0.29) is 12.0 Å². The van der Waals surface area contributed by atoms with Gasteiger partial charge in [0.25, 0.3) is 0 Å². The summed E-state index contributed by atoms with van der Waals surface area (Å²) in [6.07, 6.45) is -0.395. The monoisotopic (exact) mass is 219 g/mol. The predicted molar refractivity (Wildman–Crippen MR) is 56.5 cm³/mol. The minimum atomic E-state index is -0.760. The van der Waals surface area contributed by atoms with Crippen molar-refractivity contribution >= 4 is 5.97 Å². The standard InChI is InChI=1S/C10H21NO4/c1-7(8(13-4)14-5)11-10(2,3)9(12)15-6/h7-8,11H,1-6H3. The zero-order valence-electron chi connectivity index (χ0n) is 10.3. The third kappa shape index (κ3) is 4.15. The van der Waals surface area contributed by atoms with Gasteiger partial charge in [0.05, 0.1) is 13.2 Å². The van der Waals surface area contributed by atoms with E-state index in [2.05, 4.69) is 10.1 Å². The lowest BCUT2D eigenvalue weighted by atomic mass is 10.0. The van der Waals surface area contributed by atoms with Crippen molar-refractivity contribution in [1.29, 1.82) is 0 Å². The molecule has 1 atom stereocenters. The van der Waals surface area contributed by atoms with Crippen molar-refractivity contribution in [3.63, 3.8) is 0 Å². The molecule has 0 aliphatic carbocycles. The Bertz CT molecular complexity index is 202. The van der Waals surface area contributed by atoms with Crippen LogP contribution in [-0.2, 0) is 19.0 Å². The van der Waals surface area contributed by atoms with Gasteiger partial charge < -0.3 is 14.2 Å². The average Bonchev–Trinajstić information content (AvgIpc) is 2.17. The van der Waals surface area contributed by atoms with Crippen molar-refractivity contribution in [2.75, 3.05) is 21.3 Å². The Balaban J connectivity index is 4.37. The van der Waals surface area contributed by atoms with Gasteiger partial charge in [-0.05, 0) is 20.8 Å². The number of ether oxygens (including phenoxy) is 3. The molecule has 0 heterocycles. The van der Waals surface area contributed by atoms with Crippen molar-refractivity contribution in [2.24, 2.45) is 0 Å². The molecule has 5 nitrogen and oxygen atoms in total. The summed E-state index contributed by atoms with van der Waals surface area (Å²) in [6, 6.07) is -0.117. The van der Waals surface area contributed by atoms with E-state index in [1.165, 1.54) is 7.11 Å². The molecule has 0 rings (SSSR count). The molecule has 0 saturated carbocycles. The summed E-state index contributed by atoms with van der Waals surface area (Å²) in [5.41, 5.74) is -0.760. The Morgan fingerprint density at radius 3 is 2.00 bits per heavy atom. The first-order valence-electron chi connectivity index (χ1n) is 4.80. The number of hydrogen-bond acceptors (Lipinski definition) is 5. The average molecular weight is 219 g/mol. The molecule has 1 unspecified atom stereocenters. The highest BCUT2D eigenvalue weighted by Crippen LogP contribution is 2.09. The maximum Gasteiger partial charge on any atom is 0.325 e. The maximum atomic E-state index is 11.4. The van der Waals surface area contributed by atoms with Crippen LogP contribution in [-0.4, -0.2) is 45.2 Å². The van der Waals surface area contributed by atoms with E-state index in [1.54, 1.807) is 28.1 Å². The van der Waals surface area contributed by atoms with Gasteiger partial charge in [0.15, 0.2) is 6.29 Å². The molecule has 0 spiro atoms. The molecule has 0 aromatic heterocycles. The molecular formula is C10H21NO4. The first kappa shape index (κ1) is 14.3. The molecule has 5 heteroatoms. The van der Waals surface area contributed by atoms with Crippen molar-refractivity contribution in [2.45, 2.75) is 38.6 Å². The number of hydrogen-bond donors (Lipinski definition) is 1. The molecule has 0 aliphatic rings. The van der Waals surface area contributed by atoms with Crippen LogP contribution in [0.4, 0.5) is 0 Å². The second kappa shape index (κ2) is 6.05. The number of rotatable bonds is 6. The van der Waals surface area contributed by atoms with Crippen LogP contribution in [0.2, 0.25) is 0 Å². The van der Waals surface area contributed by atoms with Gasteiger partial charge in [-0.1, -0.05) is 0 Å². The third-order valence-electron chi connectivity index (χ3n) is 2.16. The quantitative estimate of drug-likeness (QED) is 0.522. The molecule has 0 aromatic carbocycles. The van der Waals surface area contributed by atoms with Crippen LogP contribution in [0.3, 0.4) is 0 Å². The van der Waals surface area contributed by atoms with E-state index in [1.807, 2.05) is 6.92 Å². The normalized spacial score (nSPS) is 14.1. The summed E-state index contributed by atoms with van der Waals surface area (Å²) < 4.78 is 14.8. The molecule has 90 valence electrons. The molecular weight excluding hydrogens is 198 g/mol. The summed E-state index contributed by atoms with van der Waals surface area (Å²) in [4.78, 5) is 11.4. The molecule has 1 N–H and O–H groups in total. The Hall–Kier alpha value is -0.650. The van der Waals surface area contributed by atoms with Crippen molar-refractivity contribution in [3.8, 4) is 0 Å². The number of carbonyl (C=O) groups excluding carboxylic acids is 1. The highest BCUT2D eigenvalue weighted by molar-refractivity contribution is 5.79. The highest BCUT2D eigenvalue weighted by atomic mass is 16.7. The lowest BCUT2D eigenvalue weighted by molar-refractivity contribution is -0.151. The molecule has 0 fully saturated rings. The van der Waals surface area contributed by atoms with E-state index >= 15 is 0 Å². The summed E-state index contributed by atoms with van der Waals surface area (Å²) in [7, 11) is 4.47. The van der Waals surface area contributed by atoms with Crippen LogP contribution < -0.4 is 5.32 Å². The maximum absolute atomic E-state index is 11.4. The topological polar surface area (TPSA) is 56.8 Å². The van der Waals surface area contributed by atoms with E-state index in [0.717, 1.165) is 0 Å². The first-order valence-corrected chi connectivity index (χ1v) is 4.80. The van der Waals surface area contributed by atoms with Gasteiger partial charge in [-0.2, -0.15) is 0 Å². The predicted octanol–water partition coefficient (Wildman–Crippen LogP) is 0.535. The van der Waals surface area contributed by atoms with Crippen LogP contribution in [0.25, 0.3) is 0 Å². The Morgan fingerprint density at radius 2 is 1.67 bits per heavy atom. The fourth-order valence-corrected chi connectivity index (χ4v) is 1.46. The van der Waals surface area contributed by atoms with Gasteiger partial charge in [0.1, 0.15) is 5.54 Å². The Labute approximate surface area is 91.1 Å². The fourth-order valence-electron chi connectivity index (χ4n) is 1.46. The molecule has 0 amide bonds. The molecule has 0 radical (unpaired) electrons. The molecule has 15 heavy (non-hydrogen) atoms. The zero-order chi connectivity index (χ0) is 12.1. The second-order valence-corrected chi connectivity index (χ2v) is 3.89. The van der Waals surface area contributed by atoms with Gasteiger partial charge in [0, 0.05) is 14.2 Å². The van der Waals surface area contributed by atoms with Crippen molar-refractivity contribution in [1.82, 2.24) is 5.32 Å². The van der Waals surface area contributed by atoms with Crippen LogP contribution in [0.1, 0.15) is 20.8 Å². The number of esters is 1. The van der Waals surface area contributed by atoms with E-state index in [0.29, 0.717) is 0 Å². The fraction of sp³-hybridized carbons (Fsp3) is 0.900. The molecule has 0 aliphatic heterocycles. The number of nitrogens with one attached hydrogen (secondary N) is 1. The first-order chi connectivity index (χ1) is 6.88. The summed E-state index contributed by atoms with van der Waals surface area (Å²) in [5.74, 6) is -0.319. The van der Waals surface area contributed by atoms with Crippen LogP contribution in [0.5, 0.6) is 0 Å². The van der Waals surface area contributed by atoms with Gasteiger partial charge in [-0.3, -0.25) is 10.1 Å². The minimum Gasteiger partial charge on any atom is -0.468 e.